The first-order valence-corrected chi connectivity index (χ1v) is 4.24. The molecular formula is C9H16N2. The van der Waals surface area contributed by atoms with Gasteiger partial charge in [-0.05, 0) is 25.3 Å². The molecule has 0 amide bonds. The van der Waals surface area contributed by atoms with E-state index in [-0.39, 0.29) is 0 Å². The van der Waals surface area contributed by atoms with E-state index in [0.717, 1.165) is 18.9 Å². The summed E-state index contributed by atoms with van der Waals surface area (Å²) in [4.78, 5) is 0. The first-order chi connectivity index (χ1) is 5.24. The molecule has 0 radical (unpaired) electrons. The molecule has 2 nitrogen and oxygen atoms in total. The molecule has 1 aromatic rings. The molecule has 0 aliphatic rings. The zero-order chi connectivity index (χ0) is 8.27. The van der Waals surface area contributed by atoms with Crippen LogP contribution < -0.4 is 0 Å². The number of nitrogens with zero attached hydrogens (tertiary/aromatic N) is 2. The monoisotopic (exact) mass is 152 g/mol. The van der Waals surface area contributed by atoms with Gasteiger partial charge in [0, 0.05) is 18.4 Å². The predicted octanol–water partition coefficient (Wildman–Crippen LogP) is 2.10. The van der Waals surface area contributed by atoms with Gasteiger partial charge >= 0.3 is 0 Å². The maximum atomic E-state index is 4.20. The van der Waals surface area contributed by atoms with E-state index in [1.165, 1.54) is 5.69 Å². The Morgan fingerprint density at radius 1 is 1.55 bits per heavy atom. The normalized spacial score (nSPS) is 10.9. The molecular weight excluding hydrogens is 136 g/mol. The van der Waals surface area contributed by atoms with E-state index in [4.69, 9.17) is 0 Å². The lowest BCUT2D eigenvalue weighted by Crippen LogP contribution is -2.05. The summed E-state index contributed by atoms with van der Waals surface area (Å²) in [7, 11) is 0. The third-order valence-corrected chi connectivity index (χ3v) is 1.72. The summed E-state index contributed by atoms with van der Waals surface area (Å²) in [6.07, 6.45) is 3.01. The summed E-state index contributed by atoms with van der Waals surface area (Å²) < 4.78 is 2.06. The van der Waals surface area contributed by atoms with E-state index < -0.39 is 0 Å². The summed E-state index contributed by atoms with van der Waals surface area (Å²) in [6.45, 7) is 7.56. The van der Waals surface area contributed by atoms with Crippen molar-refractivity contribution in [3.05, 3.63) is 18.0 Å². The van der Waals surface area contributed by atoms with Gasteiger partial charge < -0.3 is 0 Å². The number of aromatic nitrogens is 2. The molecule has 0 fully saturated rings. The number of rotatable bonds is 3. The van der Waals surface area contributed by atoms with E-state index in [9.17, 15) is 0 Å². The van der Waals surface area contributed by atoms with Crippen LogP contribution >= 0.6 is 0 Å². The van der Waals surface area contributed by atoms with Gasteiger partial charge in [0.05, 0.1) is 0 Å². The Balaban J connectivity index is 2.68. The van der Waals surface area contributed by atoms with Crippen LogP contribution in [0.4, 0.5) is 0 Å². The largest absolute Gasteiger partial charge is 0.270 e. The van der Waals surface area contributed by atoms with Gasteiger partial charge in [-0.1, -0.05) is 13.8 Å². The number of hydrogen-bond acceptors (Lipinski definition) is 1. The molecule has 11 heavy (non-hydrogen) atoms. The third-order valence-electron chi connectivity index (χ3n) is 1.72. The molecule has 0 spiro atoms. The molecule has 0 unspecified atom stereocenters. The van der Waals surface area contributed by atoms with Gasteiger partial charge in [-0.2, -0.15) is 5.10 Å². The Morgan fingerprint density at radius 2 is 2.27 bits per heavy atom. The summed E-state index contributed by atoms with van der Waals surface area (Å²) in [5.41, 5.74) is 1.35. The van der Waals surface area contributed by atoms with Gasteiger partial charge in [0.15, 0.2) is 0 Å². The number of hydrogen-bond donors (Lipinski definition) is 0. The second-order valence-electron chi connectivity index (χ2n) is 3.24. The summed E-state index contributed by atoms with van der Waals surface area (Å²) >= 11 is 0. The molecule has 1 rings (SSSR count). The zero-order valence-electron chi connectivity index (χ0n) is 7.54. The van der Waals surface area contributed by atoms with Gasteiger partial charge in [-0.3, -0.25) is 4.68 Å². The van der Waals surface area contributed by atoms with Crippen LogP contribution in [-0.2, 0) is 13.0 Å². The molecule has 0 saturated carbocycles. The van der Waals surface area contributed by atoms with Crippen molar-refractivity contribution >= 4 is 0 Å². The van der Waals surface area contributed by atoms with Gasteiger partial charge in [0.1, 0.15) is 0 Å². The van der Waals surface area contributed by atoms with Crippen molar-refractivity contribution in [1.29, 1.82) is 0 Å². The zero-order valence-corrected chi connectivity index (χ0v) is 7.54. The highest BCUT2D eigenvalue weighted by Gasteiger charge is 2.01. The second kappa shape index (κ2) is 3.56. The van der Waals surface area contributed by atoms with Gasteiger partial charge in [0.2, 0.25) is 0 Å². The third kappa shape index (κ3) is 2.07. The topological polar surface area (TPSA) is 17.8 Å². The van der Waals surface area contributed by atoms with Crippen molar-refractivity contribution in [2.75, 3.05) is 0 Å². The van der Waals surface area contributed by atoms with Crippen molar-refractivity contribution in [3.8, 4) is 0 Å². The lowest BCUT2D eigenvalue weighted by Gasteiger charge is -2.06. The minimum Gasteiger partial charge on any atom is -0.270 e. The Kier molecular flexibility index (Phi) is 2.69. The fourth-order valence-corrected chi connectivity index (χ4v) is 1.24. The van der Waals surface area contributed by atoms with Crippen LogP contribution in [0.2, 0.25) is 0 Å². The molecule has 62 valence electrons. The molecule has 0 N–H and O–H groups in total. The molecule has 2 heteroatoms. The molecule has 0 atom stereocenters. The van der Waals surface area contributed by atoms with Crippen molar-refractivity contribution in [2.24, 2.45) is 5.92 Å². The van der Waals surface area contributed by atoms with Crippen molar-refractivity contribution in [2.45, 2.75) is 33.7 Å². The van der Waals surface area contributed by atoms with Crippen LogP contribution in [0.3, 0.4) is 0 Å². The van der Waals surface area contributed by atoms with Gasteiger partial charge in [-0.25, -0.2) is 0 Å². The molecule has 1 heterocycles. The highest BCUT2D eigenvalue weighted by atomic mass is 15.3. The highest BCUT2D eigenvalue weighted by Crippen LogP contribution is 2.06. The van der Waals surface area contributed by atoms with E-state index in [1.54, 1.807) is 0 Å². The van der Waals surface area contributed by atoms with Crippen LogP contribution in [-0.4, -0.2) is 9.78 Å². The molecule has 0 aliphatic carbocycles. The number of aryl methyl sites for hydroxylation is 1. The van der Waals surface area contributed by atoms with E-state index in [2.05, 4.69) is 36.6 Å². The Labute approximate surface area is 68.2 Å². The van der Waals surface area contributed by atoms with Crippen LogP contribution in [0.5, 0.6) is 0 Å². The Hall–Kier alpha value is -0.790. The van der Waals surface area contributed by atoms with Crippen LogP contribution in [0, 0.1) is 5.92 Å². The molecule has 0 aromatic carbocycles. The average molecular weight is 152 g/mol. The standard InChI is InChI=1S/C9H16N2/c1-4-11-9(5-6-10-11)7-8(2)3/h5-6,8H,4,7H2,1-3H3. The summed E-state index contributed by atoms with van der Waals surface area (Å²) in [5.74, 6) is 0.719. The lowest BCUT2D eigenvalue weighted by atomic mass is 10.1. The fraction of sp³-hybridized carbons (Fsp3) is 0.667. The van der Waals surface area contributed by atoms with E-state index in [1.807, 2.05) is 6.20 Å². The minimum atomic E-state index is 0.719. The molecule has 0 bridgehead atoms. The highest BCUT2D eigenvalue weighted by molar-refractivity contribution is 5.00. The smallest absolute Gasteiger partial charge is 0.0492 e. The van der Waals surface area contributed by atoms with Crippen LogP contribution in [0.25, 0.3) is 0 Å². The molecule has 1 aromatic heterocycles. The first kappa shape index (κ1) is 8.31. The molecule has 0 aliphatic heterocycles. The predicted molar refractivity (Wildman–Crippen MR) is 46.4 cm³/mol. The van der Waals surface area contributed by atoms with Crippen molar-refractivity contribution in [1.82, 2.24) is 9.78 Å². The first-order valence-electron chi connectivity index (χ1n) is 4.24. The quantitative estimate of drug-likeness (QED) is 0.648. The van der Waals surface area contributed by atoms with Gasteiger partial charge in [-0.15, -0.1) is 0 Å². The van der Waals surface area contributed by atoms with Crippen LogP contribution in [0.15, 0.2) is 12.3 Å². The van der Waals surface area contributed by atoms with Crippen LogP contribution in [0.1, 0.15) is 26.5 Å². The second-order valence-corrected chi connectivity index (χ2v) is 3.24. The fourth-order valence-electron chi connectivity index (χ4n) is 1.24. The lowest BCUT2D eigenvalue weighted by molar-refractivity contribution is 0.563. The average Bonchev–Trinajstić information content (AvgIpc) is 2.34. The Bertz CT molecular complexity index is 213. The maximum absolute atomic E-state index is 4.20. The molecule has 0 saturated heterocycles. The van der Waals surface area contributed by atoms with E-state index in [0.29, 0.717) is 0 Å². The van der Waals surface area contributed by atoms with E-state index >= 15 is 0 Å². The summed E-state index contributed by atoms with van der Waals surface area (Å²) in [6, 6.07) is 2.10. The van der Waals surface area contributed by atoms with Crippen molar-refractivity contribution < 1.29 is 0 Å². The summed E-state index contributed by atoms with van der Waals surface area (Å²) in [5, 5.41) is 4.20. The Morgan fingerprint density at radius 3 is 2.82 bits per heavy atom. The minimum absolute atomic E-state index is 0.719. The van der Waals surface area contributed by atoms with Gasteiger partial charge in [0.25, 0.3) is 0 Å². The maximum Gasteiger partial charge on any atom is 0.0492 e. The van der Waals surface area contributed by atoms with Crippen molar-refractivity contribution in [3.63, 3.8) is 0 Å². The SMILES string of the molecule is CCn1nccc1CC(C)C.